The number of rotatable bonds is 4. The summed E-state index contributed by atoms with van der Waals surface area (Å²) in [5, 5.41) is 11.7. The smallest absolute Gasteiger partial charge is 0.317 e. The summed E-state index contributed by atoms with van der Waals surface area (Å²) in [6.07, 6.45) is 4.54. The van der Waals surface area contributed by atoms with Gasteiger partial charge in [0.05, 0.1) is 0 Å². The lowest BCUT2D eigenvalue weighted by molar-refractivity contribution is 0.177. The van der Waals surface area contributed by atoms with Gasteiger partial charge in [-0.15, -0.1) is 10.2 Å². The van der Waals surface area contributed by atoms with E-state index in [-0.39, 0.29) is 12.1 Å². The molecule has 146 valence electrons. The third kappa shape index (κ3) is 3.98. The molecule has 0 bridgehead atoms. The fraction of sp³-hybridized carbons (Fsp3) is 0.429. The van der Waals surface area contributed by atoms with Crippen molar-refractivity contribution in [2.24, 2.45) is 0 Å². The molecule has 0 saturated carbocycles. The fourth-order valence-corrected chi connectivity index (χ4v) is 3.86. The molecule has 0 aromatic carbocycles. The summed E-state index contributed by atoms with van der Waals surface area (Å²) >= 11 is 0. The zero-order valence-electron chi connectivity index (χ0n) is 16.4. The van der Waals surface area contributed by atoms with Crippen molar-refractivity contribution < 1.29 is 4.79 Å². The Morgan fingerprint density at radius 1 is 1.18 bits per heavy atom. The number of nitrogens with one attached hydrogen (secondary N) is 1. The maximum absolute atomic E-state index is 12.6. The lowest BCUT2D eigenvalue weighted by Gasteiger charge is -2.32. The van der Waals surface area contributed by atoms with Gasteiger partial charge in [0.2, 0.25) is 0 Å². The van der Waals surface area contributed by atoms with E-state index in [0.29, 0.717) is 5.92 Å². The maximum atomic E-state index is 12.6. The van der Waals surface area contributed by atoms with Crippen LogP contribution in [0.1, 0.15) is 42.9 Å². The summed E-state index contributed by atoms with van der Waals surface area (Å²) in [5.74, 6) is 1.32. The molecule has 1 aliphatic rings. The molecule has 0 spiro atoms. The van der Waals surface area contributed by atoms with E-state index in [0.717, 1.165) is 55.2 Å². The van der Waals surface area contributed by atoms with E-state index in [1.54, 1.807) is 0 Å². The molecule has 28 heavy (non-hydrogen) atoms. The molecular formula is C21H26N6O. The average molecular weight is 378 g/mol. The summed E-state index contributed by atoms with van der Waals surface area (Å²) < 4.78 is 2.05. The highest BCUT2D eigenvalue weighted by atomic mass is 16.2. The monoisotopic (exact) mass is 378 g/mol. The molecule has 0 aliphatic carbocycles. The minimum Gasteiger partial charge on any atom is -0.335 e. The van der Waals surface area contributed by atoms with Gasteiger partial charge < -0.3 is 10.2 Å². The van der Waals surface area contributed by atoms with E-state index in [4.69, 9.17) is 0 Å². The largest absolute Gasteiger partial charge is 0.335 e. The number of piperidine rings is 1. The highest BCUT2D eigenvalue weighted by molar-refractivity contribution is 5.74. The van der Waals surface area contributed by atoms with Crippen molar-refractivity contribution in [1.82, 2.24) is 29.8 Å². The predicted molar refractivity (Wildman–Crippen MR) is 107 cm³/mol. The Bertz CT molecular complexity index is 960. The number of likely N-dealkylation sites (tertiary alicyclic amines) is 1. The van der Waals surface area contributed by atoms with Crippen LogP contribution in [0.2, 0.25) is 0 Å². The van der Waals surface area contributed by atoms with Crippen LogP contribution < -0.4 is 5.32 Å². The average Bonchev–Trinajstić information content (AvgIpc) is 3.12. The fourth-order valence-electron chi connectivity index (χ4n) is 3.86. The second-order valence-corrected chi connectivity index (χ2v) is 7.57. The van der Waals surface area contributed by atoms with Gasteiger partial charge in [-0.25, -0.2) is 4.79 Å². The van der Waals surface area contributed by atoms with E-state index in [1.807, 2.05) is 61.3 Å². The number of amides is 2. The first kappa shape index (κ1) is 18.4. The van der Waals surface area contributed by atoms with Gasteiger partial charge in [-0.05, 0) is 51.0 Å². The SMILES string of the molecule is Cc1cccc(CC(C)NC(=O)N2CCC(c3nnc4ccccn34)CC2)n1. The number of hydrogen-bond donors (Lipinski definition) is 1. The van der Waals surface area contributed by atoms with Crippen LogP contribution in [-0.2, 0) is 6.42 Å². The molecule has 7 heteroatoms. The minimum atomic E-state index is 0.00436. The molecule has 7 nitrogen and oxygen atoms in total. The van der Waals surface area contributed by atoms with Gasteiger partial charge in [-0.2, -0.15) is 0 Å². The van der Waals surface area contributed by atoms with Crippen molar-refractivity contribution in [3.8, 4) is 0 Å². The summed E-state index contributed by atoms with van der Waals surface area (Å²) in [6, 6.07) is 12.0. The van der Waals surface area contributed by atoms with Gasteiger partial charge in [0.25, 0.3) is 0 Å². The van der Waals surface area contributed by atoms with Gasteiger partial charge in [-0.1, -0.05) is 12.1 Å². The van der Waals surface area contributed by atoms with Crippen LogP contribution in [0.5, 0.6) is 0 Å². The normalized spacial score (nSPS) is 16.3. The maximum Gasteiger partial charge on any atom is 0.317 e. The van der Waals surface area contributed by atoms with E-state index in [1.165, 1.54) is 0 Å². The molecular weight excluding hydrogens is 352 g/mol. The quantitative estimate of drug-likeness (QED) is 0.757. The Labute approximate surface area is 164 Å². The van der Waals surface area contributed by atoms with E-state index < -0.39 is 0 Å². The molecule has 1 atom stereocenters. The van der Waals surface area contributed by atoms with Crippen LogP contribution >= 0.6 is 0 Å². The molecule has 3 aromatic heterocycles. The molecule has 0 radical (unpaired) electrons. The molecule has 1 unspecified atom stereocenters. The standard InChI is InChI=1S/C21H26N6O/c1-15-6-5-7-18(22-15)14-16(2)23-21(28)26-12-9-17(10-13-26)20-25-24-19-8-3-4-11-27(19)20/h3-8,11,16-17H,9-10,12-14H2,1-2H3,(H,23,28). The first-order valence-corrected chi connectivity index (χ1v) is 9.88. The van der Waals surface area contributed by atoms with Crippen molar-refractivity contribution in [1.29, 1.82) is 0 Å². The van der Waals surface area contributed by atoms with Gasteiger partial charge in [-0.3, -0.25) is 9.38 Å². The van der Waals surface area contributed by atoms with Crippen LogP contribution in [-0.4, -0.2) is 49.6 Å². The number of carbonyl (C=O) groups is 1. The zero-order chi connectivity index (χ0) is 19.5. The molecule has 1 aliphatic heterocycles. The number of fused-ring (bicyclic) bond motifs is 1. The van der Waals surface area contributed by atoms with Crippen LogP contribution in [0.15, 0.2) is 42.6 Å². The van der Waals surface area contributed by atoms with Crippen LogP contribution in [0, 0.1) is 6.92 Å². The highest BCUT2D eigenvalue weighted by Crippen LogP contribution is 2.27. The second kappa shape index (κ2) is 7.96. The zero-order valence-corrected chi connectivity index (χ0v) is 16.4. The molecule has 1 N–H and O–H groups in total. The van der Waals surface area contributed by atoms with Crippen LogP contribution in [0.3, 0.4) is 0 Å². The van der Waals surface area contributed by atoms with Gasteiger partial charge >= 0.3 is 6.03 Å². The first-order valence-electron chi connectivity index (χ1n) is 9.88. The number of urea groups is 1. The van der Waals surface area contributed by atoms with Crippen LogP contribution in [0.4, 0.5) is 4.79 Å². The van der Waals surface area contributed by atoms with Crippen molar-refractivity contribution in [2.75, 3.05) is 13.1 Å². The molecule has 4 heterocycles. The molecule has 4 rings (SSSR count). The Balaban J connectivity index is 1.31. The Hall–Kier alpha value is -2.96. The van der Waals surface area contributed by atoms with Crippen molar-refractivity contribution in [3.05, 3.63) is 59.8 Å². The third-order valence-electron chi connectivity index (χ3n) is 5.32. The summed E-state index contributed by atoms with van der Waals surface area (Å²) in [6.45, 7) is 5.47. The Morgan fingerprint density at radius 2 is 2.00 bits per heavy atom. The molecule has 1 saturated heterocycles. The highest BCUT2D eigenvalue weighted by Gasteiger charge is 2.27. The molecule has 2 amide bonds. The number of hydrogen-bond acceptors (Lipinski definition) is 4. The summed E-state index contributed by atoms with van der Waals surface area (Å²) in [7, 11) is 0. The van der Waals surface area contributed by atoms with E-state index in [2.05, 4.69) is 24.9 Å². The van der Waals surface area contributed by atoms with Crippen molar-refractivity contribution in [2.45, 2.75) is 45.1 Å². The number of nitrogens with zero attached hydrogens (tertiary/aromatic N) is 5. The van der Waals surface area contributed by atoms with Crippen molar-refractivity contribution in [3.63, 3.8) is 0 Å². The molecule has 3 aromatic rings. The van der Waals surface area contributed by atoms with E-state index >= 15 is 0 Å². The Morgan fingerprint density at radius 3 is 2.79 bits per heavy atom. The van der Waals surface area contributed by atoms with Gasteiger partial charge in [0.1, 0.15) is 5.82 Å². The lowest BCUT2D eigenvalue weighted by atomic mass is 9.96. The van der Waals surface area contributed by atoms with Gasteiger partial charge in [0, 0.05) is 49.1 Å². The summed E-state index contributed by atoms with van der Waals surface area (Å²) in [4.78, 5) is 19.1. The Kier molecular flexibility index (Phi) is 5.23. The number of aryl methyl sites for hydroxylation is 1. The van der Waals surface area contributed by atoms with E-state index in [9.17, 15) is 4.79 Å². The number of carbonyl (C=O) groups excluding carboxylic acids is 1. The van der Waals surface area contributed by atoms with Crippen LogP contribution in [0.25, 0.3) is 5.65 Å². The summed E-state index contributed by atoms with van der Waals surface area (Å²) in [5.41, 5.74) is 2.88. The topological polar surface area (TPSA) is 75.4 Å². The number of aromatic nitrogens is 4. The third-order valence-corrected chi connectivity index (χ3v) is 5.32. The minimum absolute atomic E-state index is 0.00436. The predicted octanol–water partition coefficient (Wildman–Crippen LogP) is 2.95. The molecule has 1 fully saturated rings. The lowest BCUT2D eigenvalue weighted by Crippen LogP contribution is -2.47. The number of pyridine rings is 2. The second-order valence-electron chi connectivity index (χ2n) is 7.57. The van der Waals surface area contributed by atoms with Crippen molar-refractivity contribution >= 4 is 11.7 Å². The van der Waals surface area contributed by atoms with Gasteiger partial charge in [0.15, 0.2) is 5.65 Å². The first-order chi connectivity index (χ1) is 13.6.